The Hall–Kier alpha value is -0.300. The van der Waals surface area contributed by atoms with Crippen LogP contribution in [0.1, 0.15) is 78.6 Å². The molecule has 2 unspecified atom stereocenters. The predicted molar refractivity (Wildman–Crippen MR) is 89.6 cm³/mol. The molecule has 5 atom stereocenters. The molecule has 1 saturated heterocycles. The van der Waals surface area contributed by atoms with Crippen molar-refractivity contribution in [1.82, 2.24) is 0 Å². The fraction of sp³-hybridized carbons (Fsp3) is 0.905. The minimum atomic E-state index is 0.353. The lowest BCUT2D eigenvalue weighted by Gasteiger charge is -2.57. The SMILES string of the molecule is CC1(C)CCC2=C1CCC1C2CC[C@H]2C[C@]3(CC[C@]12C)CO3. The summed E-state index contributed by atoms with van der Waals surface area (Å²) in [4.78, 5) is 0. The molecule has 5 rings (SSSR count). The Bertz CT molecular complexity index is 538. The first-order chi connectivity index (χ1) is 10.4. The molecular formula is C21H32O. The zero-order valence-corrected chi connectivity index (χ0v) is 14.7. The van der Waals surface area contributed by atoms with Crippen LogP contribution in [0.25, 0.3) is 0 Å². The van der Waals surface area contributed by atoms with Gasteiger partial charge in [0.2, 0.25) is 0 Å². The van der Waals surface area contributed by atoms with Gasteiger partial charge in [-0.3, -0.25) is 0 Å². The molecule has 1 spiro atoms. The molecule has 0 aromatic rings. The Morgan fingerprint density at radius 1 is 0.955 bits per heavy atom. The van der Waals surface area contributed by atoms with Crippen LogP contribution in [0.2, 0.25) is 0 Å². The average molecular weight is 300 g/mol. The van der Waals surface area contributed by atoms with Gasteiger partial charge >= 0.3 is 0 Å². The van der Waals surface area contributed by atoms with Gasteiger partial charge in [0.05, 0.1) is 12.2 Å². The Labute approximate surface area is 135 Å². The summed E-state index contributed by atoms with van der Waals surface area (Å²) in [6, 6.07) is 0. The highest BCUT2D eigenvalue weighted by Crippen LogP contribution is 2.65. The van der Waals surface area contributed by atoms with Crippen LogP contribution in [0.3, 0.4) is 0 Å². The predicted octanol–water partition coefficient (Wildman–Crippen LogP) is 5.50. The van der Waals surface area contributed by atoms with Crippen LogP contribution in [-0.2, 0) is 4.74 Å². The summed E-state index contributed by atoms with van der Waals surface area (Å²) >= 11 is 0. The van der Waals surface area contributed by atoms with Gasteiger partial charge in [-0.05, 0) is 86.4 Å². The summed E-state index contributed by atoms with van der Waals surface area (Å²) in [7, 11) is 0. The molecule has 0 aromatic heterocycles. The monoisotopic (exact) mass is 300 g/mol. The van der Waals surface area contributed by atoms with Crippen LogP contribution in [0.15, 0.2) is 11.1 Å². The van der Waals surface area contributed by atoms with Crippen molar-refractivity contribution >= 4 is 0 Å². The molecule has 0 N–H and O–H groups in total. The lowest BCUT2D eigenvalue weighted by atomic mass is 9.48. The van der Waals surface area contributed by atoms with Gasteiger partial charge in [-0.2, -0.15) is 0 Å². The quantitative estimate of drug-likeness (QED) is 0.425. The van der Waals surface area contributed by atoms with Crippen molar-refractivity contribution in [3.63, 3.8) is 0 Å². The van der Waals surface area contributed by atoms with Gasteiger partial charge in [-0.15, -0.1) is 0 Å². The molecule has 1 heterocycles. The second-order valence-corrected chi connectivity index (χ2v) is 10.1. The fourth-order valence-corrected chi connectivity index (χ4v) is 7.15. The number of epoxide rings is 1. The van der Waals surface area contributed by atoms with E-state index in [0.717, 1.165) is 24.4 Å². The minimum Gasteiger partial charge on any atom is -0.370 e. The molecular weight excluding hydrogens is 268 g/mol. The third kappa shape index (κ3) is 1.75. The van der Waals surface area contributed by atoms with Crippen molar-refractivity contribution in [2.45, 2.75) is 84.2 Å². The van der Waals surface area contributed by atoms with Gasteiger partial charge in [-0.25, -0.2) is 0 Å². The van der Waals surface area contributed by atoms with E-state index in [9.17, 15) is 0 Å². The summed E-state index contributed by atoms with van der Waals surface area (Å²) in [6.07, 6.45) is 12.8. The van der Waals surface area contributed by atoms with E-state index in [1.165, 1.54) is 57.8 Å². The lowest BCUT2D eigenvalue weighted by molar-refractivity contribution is -0.0547. The van der Waals surface area contributed by atoms with Gasteiger partial charge in [0.1, 0.15) is 0 Å². The summed E-state index contributed by atoms with van der Waals surface area (Å²) in [5.41, 5.74) is 5.30. The first-order valence-corrected chi connectivity index (χ1v) is 9.80. The molecule has 3 fully saturated rings. The molecule has 0 radical (unpaired) electrons. The van der Waals surface area contributed by atoms with E-state index in [1.807, 2.05) is 11.1 Å². The third-order valence-corrected chi connectivity index (χ3v) is 8.76. The van der Waals surface area contributed by atoms with Crippen molar-refractivity contribution in [3.05, 3.63) is 11.1 Å². The summed E-state index contributed by atoms with van der Waals surface area (Å²) in [5.74, 6) is 2.87. The Morgan fingerprint density at radius 3 is 2.55 bits per heavy atom. The highest BCUT2D eigenvalue weighted by atomic mass is 16.6. The smallest absolute Gasteiger partial charge is 0.0919 e. The topological polar surface area (TPSA) is 12.5 Å². The largest absolute Gasteiger partial charge is 0.370 e. The molecule has 1 heteroatoms. The normalized spacial score (nSPS) is 52.2. The van der Waals surface area contributed by atoms with Crippen LogP contribution in [0, 0.1) is 28.6 Å². The summed E-state index contributed by atoms with van der Waals surface area (Å²) < 4.78 is 5.85. The maximum Gasteiger partial charge on any atom is 0.0919 e. The Balaban J connectivity index is 1.47. The van der Waals surface area contributed by atoms with Gasteiger partial charge in [0, 0.05) is 0 Å². The first kappa shape index (κ1) is 14.1. The van der Waals surface area contributed by atoms with Crippen molar-refractivity contribution < 1.29 is 4.74 Å². The number of fused-ring (bicyclic) bond motifs is 4. The van der Waals surface area contributed by atoms with Crippen molar-refractivity contribution in [2.24, 2.45) is 28.6 Å². The fourth-order valence-electron chi connectivity index (χ4n) is 7.15. The van der Waals surface area contributed by atoms with E-state index in [4.69, 9.17) is 4.74 Å². The van der Waals surface area contributed by atoms with E-state index < -0.39 is 0 Å². The van der Waals surface area contributed by atoms with Crippen molar-refractivity contribution in [3.8, 4) is 0 Å². The Morgan fingerprint density at radius 2 is 1.77 bits per heavy atom. The third-order valence-electron chi connectivity index (χ3n) is 8.76. The van der Waals surface area contributed by atoms with E-state index in [1.54, 1.807) is 0 Å². The summed E-state index contributed by atoms with van der Waals surface area (Å²) in [5, 5.41) is 0. The van der Waals surface area contributed by atoms with Gasteiger partial charge < -0.3 is 4.74 Å². The van der Waals surface area contributed by atoms with Crippen LogP contribution in [-0.4, -0.2) is 12.2 Å². The number of hydrogen-bond donors (Lipinski definition) is 0. The maximum absolute atomic E-state index is 5.85. The van der Waals surface area contributed by atoms with Crippen LogP contribution in [0.5, 0.6) is 0 Å². The van der Waals surface area contributed by atoms with Crippen LogP contribution >= 0.6 is 0 Å². The molecule has 22 heavy (non-hydrogen) atoms. The number of allylic oxidation sites excluding steroid dienone is 2. The van der Waals surface area contributed by atoms with Gasteiger partial charge in [0.15, 0.2) is 0 Å². The molecule has 5 aliphatic rings. The molecule has 122 valence electrons. The van der Waals surface area contributed by atoms with E-state index in [2.05, 4.69) is 20.8 Å². The number of ether oxygens (including phenoxy) is 1. The first-order valence-electron chi connectivity index (χ1n) is 9.80. The molecule has 2 saturated carbocycles. The molecule has 1 aliphatic heterocycles. The van der Waals surface area contributed by atoms with Crippen LogP contribution in [0.4, 0.5) is 0 Å². The van der Waals surface area contributed by atoms with Gasteiger partial charge in [0.25, 0.3) is 0 Å². The standard InChI is InChI=1S/C21H32O/c1-19(2)9-8-16-15-5-4-14-12-21(13-22-21)11-10-20(14,3)18(15)7-6-17(16)19/h14-15,18H,4-13H2,1-3H3/t14-,15?,18?,20-,21+/m0/s1. The second-order valence-electron chi connectivity index (χ2n) is 10.1. The molecule has 0 amide bonds. The van der Waals surface area contributed by atoms with E-state index >= 15 is 0 Å². The second kappa shape index (κ2) is 4.21. The highest BCUT2D eigenvalue weighted by molar-refractivity contribution is 5.33. The maximum atomic E-state index is 5.85. The number of hydrogen-bond acceptors (Lipinski definition) is 1. The molecule has 1 nitrogen and oxygen atoms in total. The lowest BCUT2D eigenvalue weighted by Crippen LogP contribution is -2.50. The van der Waals surface area contributed by atoms with E-state index in [-0.39, 0.29) is 0 Å². The van der Waals surface area contributed by atoms with Crippen molar-refractivity contribution in [1.29, 1.82) is 0 Å². The van der Waals surface area contributed by atoms with Crippen LogP contribution < -0.4 is 0 Å². The van der Waals surface area contributed by atoms with Crippen molar-refractivity contribution in [2.75, 3.05) is 6.61 Å². The molecule has 0 aromatic carbocycles. The number of rotatable bonds is 0. The molecule has 0 bridgehead atoms. The molecule has 4 aliphatic carbocycles. The minimum absolute atomic E-state index is 0.353. The van der Waals surface area contributed by atoms with Gasteiger partial charge in [-0.1, -0.05) is 31.9 Å². The average Bonchev–Trinajstić information content (AvgIpc) is 3.17. The highest BCUT2D eigenvalue weighted by Gasteiger charge is 2.59. The Kier molecular flexibility index (Phi) is 2.69. The summed E-state index contributed by atoms with van der Waals surface area (Å²) in [6.45, 7) is 8.72. The zero-order chi connectivity index (χ0) is 15.2. The zero-order valence-electron chi connectivity index (χ0n) is 14.7. The van der Waals surface area contributed by atoms with E-state index in [0.29, 0.717) is 16.4 Å².